The molecule has 1 aliphatic heterocycles. The predicted octanol–water partition coefficient (Wildman–Crippen LogP) is 2.85. The highest BCUT2D eigenvalue weighted by Gasteiger charge is 2.25. The van der Waals surface area contributed by atoms with Gasteiger partial charge in [-0.3, -0.25) is 0 Å². The van der Waals surface area contributed by atoms with Gasteiger partial charge in [0, 0.05) is 31.2 Å². The first-order valence-corrected chi connectivity index (χ1v) is 7.71. The fraction of sp³-hybridized carbons (Fsp3) is 0.647. The second kappa shape index (κ2) is 6.32. The number of nitrogens with zero attached hydrogens (tertiary/aromatic N) is 2. The molecular weight excluding hydrogens is 265 g/mol. The van der Waals surface area contributed by atoms with Crippen molar-refractivity contribution < 1.29 is 4.39 Å². The van der Waals surface area contributed by atoms with Gasteiger partial charge in [0.25, 0.3) is 0 Å². The lowest BCUT2D eigenvalue weighted by Crippen LogP contribution is -2.35. The van der Waals surface area contributed by atoms with Crippen LogP contribution < -0.4 is 10.2 Å². The van der Waals surface area contributed by atoms with Crippen LogP contribution in [0.1, 0.15) is 32.8 Å². The first kappa shape index (κ1) is 16.2. The first-order chi connectivity index (χ1) is 9.76. The maximum atomic E-state index is 14.4. The minimum absolute atomic E-state index is 0.0447. The van der Waals surface area contributed by atoms with Gasteiger partial charge < -0.3 is 15.1 Å². The SMILES string of the molecule is CN(C)C1CCN(c2ccc(CNC(C)(C)C)cc2F)C1. The summed E-state index contributed by atoms with van der Waals surface area (Å²) in [5.41, 5.74) is 1.77. The molecule has 2 rings (SSSR count). The molecular formula is C17H28FN3. The Morgan fingerprint density at radius 3 is 2.57 bits per heavy atom. The van der Waals surface area contributed by atoms with Gasteiger partial charge in [0.1, 0.15) is 5.82 Å². The molecule has 1 fully saturated rings. The van der Waals surface area contributed by atoms with Crippen molar-refractivity contribution in [2.24, 2.45) is 0 Å². The van der Waals surface area contributed by atoms with E-state index in [0.717, 1.165) is 30.8 Å². The van der Waals surface area contributed by atoms with Gasteiger partial charge in [0.05, 0.1) is 5.69 Å². The minimum atomic E-state index is -0.109. The Hall–Kier alpha value is -1.13. The number of halogens is 1. The number of benzene rings is 1. The van der Waals surface area contributed by atoms with Gasteiger partial charge in [0.2, 0.25) is 0 Å². The Labute approximate surface area is 128 Å². The van der Waals surface area contributed by atoms with Gasteiger partial charge in [-0.15, -0.1) is 0 Å². The Balaban J connectivity index is 2.03. The summed E-state index contributed by atoms with van der Waals surface area (Å²) in [6, 6.07) is 6.14. The molecule has 1 N–H and O–H groups in total. The summed E-state index contributed by atoms with van der Waals surface area (Å²) in [6.45, 7) is 8.87. The fourth-order valence-electron chi connectivity index (χ4n) is 2.67. The van der Waals surface area contributed by atoms with Gasteiger partial charge in [-0.1, -0.05) is 6.07 Å². The van der Waals surface area contributed by atoms with Crippen LogP contribution in [0.4, 0.5) is 10.1 Å². The molecule has 4 heteroatoms. The third kappa shape index (κ3) is 4.42. The molecule has 1 unspecified atom stereocenters. The van der Waals surface area contributed by atoms with Crippen molar-refractivity contribution in [1.82, 2.24) is 10.2 Å². The zero-order chi connectivity index (χ0) is 15.6. The Morgan fingerprint density at radius 1 is 1.33 bits per heavy atom. The van der Waals surface area contributed by atoms with Crippen LogP contribution in [0.25, 0.3) is 0 Å². The zero-order valence-electron chi connectivity index (χ0n) is 13.9. The summed E-state index contributed by atoms with van der Waals surface area (Å²) in [4.78, 5) is 4.38. The maximum Gasteiger partial charge on any atom is 0.146 e. The van der Waals surface area contributed by atoms with Crippen molar-refractivity contribution >= 4 is 5.69 Å². The number of hydrogen-bond acceptors (Lipinski definition) is 3. The van der Waals surface area contributed by atoms with E-state index in [4.69, 9.17) is 0 Å². The van der Waals surface area contributed by atoms with E-state index in [1.54, 1.807) is 6.07 Å². The van der Waals surface area contributed by atoms with E-state index in [-0.39, 0.29) is 11.4 Å². The number of nitrogens with one attached hydrogen (secondary N) is 1. The Kier molecular flexibility index (Phi) is 4.89. The van der Waals surface area contributed by atoms with E-state index in [0.29, 0.717) is 12.6 Å². The fourth-order valence-corrected chi connectivity index (χ4v) is 2.67. The second-order valence-electron chi connectivity index (χ2n) is 7.24. The quantitative estimate of drug-likeness (QED) is 0.921. The van der Waals surface area contributed by atoms with Crippen molar-refractivity contribution in [2.75, 3.05) is 32.1 Å². The van der Waals surface area contributed by atoms with Crippen molar-refractivity contribution in [3.63, 3.8) is 0 Å². The molecule has 0 spiro atoms. The molecule has 0 bridgehead atoms. The second-order valence-corrected chi connectivity index (χ2v) is 7.24. The molecule has 0 aliphatic carbocycles. The molecule has 1 aromatic carbocycles. The summed E-state index contributed by atoms with van der Waals surface area (Å²) in [6.07, 6.45) is 1.10. The third-order valence-electron chi connectivity index (χ3n) is 4.07. The topological polar surface area (TPSA) is 18.5 Å². The standard InChI is InChI=1S/C17H28FN3/c1-17(2,3)19-11-13-6-7-16(15(18)10-13)21-9-8-14(12-21)20(4)5/h6-7,10,14,19H,8-9,11-12H2,1-5H3. The highest BCUT2D eigenvalue weighted by atomic mass is 19.1. The number of hydrogen-bond donors (Lipinski definition) is 1. The van der Waals surface area contributed by atoms with Crippen LogP contribution in [0, 0.1) is 5.82 Å². The molecule has 0 saturated carbocycles. The largest absolute Gasteiger partial charge is 0.368 e. The molecule has 1 aromatic rings. The van der Waals surface area contributed by atoms with Crippen molar-refractivity contribution in [2.45, 2.75) is 45.3 Å². The van der Waals surface area contributed by atoms with Gasteiger partial charge >= 0.3 is 0 Å². The molecule has 3 nitrogen and oxygen atoms in total. The molecule has 1 atom stereocenters. The van der Waals surface area contributed by atoms with Crippen LogP contribution >= 0.6 is 0 Å². The van der Waals surface area contributed by atoms with Gasteiger partial charge in [0.15, 0.2) is 0 Å². The van der Waals surface area contributed by atoms with Gasteiger partial charge in [-0.25, -0.2) is 4.39 Å². The van der Waals surface area contributed by atoms with Gasteiger partial charge in [-0.2, -0.15) is 0 Å². The van der Waals surface area contributed by atoms with Gasteiger partial charge in [-0.05, 0) is 59.0 Å². The lowest BCUT2D eigenvalue weighted by Gasteiger charge is -2.23. The number of anilines is 1. The van der Waals surface area contributed by atoms with Crippen LogP contribution in [0.2, 0.25) is 0 Å². The van der Waals surface area contributed by atoms with Crippen LogP contribution in [0.3, 0.4) is 0 Å². The van der Waals surface area contributed by atoms with Crippen molar-refractivity contribution in [1.29, 1.82) is 0 Å². The summed E-state index contributed by atoms with van der Waals surface area (Å²) in [5.74, 6) is -0.109. The Morgan fingerprint density at radius 2 is 2.05 bits per heavy atom. The summed E-state index contributed by atoms with van der Waals surface area (Å²) >= 11 is 0. The monoisotopic (exact) mass is 293 g/mol. The normalized spacial score (nSPS) is 19.6. The average molecular weight is 293 g/mol. The molecule has 0 radical (unpaired) electrons. The zero-order valence-corrected chi connectivity index (χ0v) is 13.9. The van der Waals surface area contributed by atoms with Crippen molar-refractivity contribution in [3.8, 4) is 0 Å². The third-order valence-corrected chi connectivity index (χ3v) is 4.07. The lowest BCUT2D eigenvalue weighted by atomic mass is 10.1. The molecule has 118 valence electrons. The summed E-state index contributed by atoms with van der Waals surface area (Å²) in [7, 11) is 4.18. The molecule has 0 aromatic heterocycles. The van der Waals surface area contributed by atoms with E-state index in [1.165, 1.54) is 0 Å². The predicted molar refractivity (Wildman–Crippen MR) is 87.3 cm³/mol. The van der Waals surface area contributed by atoms with Crippen LogP contribution in [-0.2, 0) is 6.54 Å². The summed E-state index contributed by atoms with van der Waals surface area (Å²) in [5, 5.41) is 3.39. The van der Waals surface area contributed by atoms with E-state index in [9.17, 15) is 4.39 Å². The minimum Gasteiger partial charge on any atom is -0.368 e. The highest BCUT2D eigenvalue weighted by molar-refractivity contribution is 5.50. The average Bonchev–Trinajstić information content (AvgIpc) is 2.85. The highest BCUT2D eigenvalue weighted by Crippen LogP contribution is 2.26. The maximum absolute atomic E-state index is 14.4. The first-order valence-electron chi connectivity index (χ1n) is 7.71. The Bertz CT molecular complexity index is 479. The van der Waals surface area contributed by atoms with E-state index >= 15 is 0 Å². The molecule has 21 heavy (non-hydrogen) atoms. The molecule has 1 saturated heterocycles. The smallest absolute Gasteiger partial charge is 0.146 e. The van der Waals surface area contributed by atoms with Crippen molar-refractivity contribution in [3.05, 3.63) is 29.6 Å². The van der Waals surface area contributed by atoms with Crippen LogP contribution in [0.5, 0.6) is 0 Å². The molecule has 1 heterocycles. The van der Waals surface area contributed by atoms with E-state index in [1.807, 2.05) is 12.1 Å². The molecule has 1 aliphatic rings. The number of rotatable bonds is 4. The lowest BCUT2D eigenvalue weighted by molar-refractivity contribution is 0.315. The van der Waals surface area contributed by atoms with Crippen LogP contribution in [-0.4, -0.2) is 43.7 Å². The summed E-state index contributed by atoms with van der Waals surface area (Å²) < 4.78 is 14.4. The number of likely N-dealkylation sites (N-methyl/N-ethyl adjacent to an activating group) is 1. The molecule has 0 amide bonds. The van der Waals surface area contributed by atoms with E-state index in [2.05, 4.69) is 50.0 Å². The van der Waals surface area contributed by atoms with Crippen LogP contribution in [0.15, 0.2) is 18.2 Å². The van der Waals surface area contributed by atoms with E-state index < -0.39 is 0 Å².